The number of rotatable bonds is 7. The molecule has 0 aliphatic heterocycles. The maximum absolute atomic E-state index is 10.9. The Morgan fingerprint density at radius 2 is 1.95 bits per heavy atom. The smallest absolute Gasteiger partial charge is 0.122 e. The second kappa shape index (κ2) is 7.93. The first-order valence-electron chi connectivity index (χ1n) is 7.24. The van der Waals surface area contributed by atoms with Crippen LogP contribution in [0.5, 0.6) is 0 Å². The molecule has 0 bridgehead atoms. The van der Waals surface area contributed by atoms with Crippen LogP contribution in [0.15, 0.2) is 35.9 Å². The fraction of sp³-hybridized carbons (Fsp3) is 0.500. The minimum atomic E-state index is 0.125. The predicted molar refractivity (Wildman–Crippen MR) is 82.5 cm³/mol. The van der Waals surface area contributed by atoms with Crippen LogP contribution in [0.1, 0.15) is 57.6 Å². The van der Waals surface area contributed by atoms with E-state index in [9.17, 15) is 4.79 Å². The molecule has 0 heterocycles. The second-order valence-electron chi connectivity index (χ2n) is 5.62. The molecule has 0 spiro atoms. The normalized spacial score (nSPS) is 13.7. The molecule has 104 valence electrons. The van der Waals surface area contributed by atoms with Crippen molar-refractivity contribution in [3.63, 3.8) is 0 Å². The molecule has 1 nitrogen and oxygen atoms in total. The van der Waals surface area contributed by atoms with Gasteiger partial charge in [0.25, 0.3) is 0 Å². The summed E-state index contributed by atoms with van der Waals surface area (Å²) in [4.78, 5) is 10.9. The summed E-state index contributed by atoms with van der Waals surface area (Å²) in [6.45, 7) is 8.47. The molecule has 19 heavy (non-hydrogen) atoms. The van der Waals surface area contributed by atoms with Crippen LogP contribution in [0, 0.1) is 5.92 Å². The fourth-order valence-electron chi connectivity index (χ4n) is 2.49. The summed E-state index contributed by atoms with van der Waals surface area (Å²) in [5.74, 6) is 0.576. The Balaban J connectivity index is 3.00. The Kier molecular flexibility index (Phi) is 6.55. The highest BCUT2D eigenvalue weighted by molar-refractivity contribution is 5.53. The first-order chi connectivity index (χ1) is 9.08. The van der Waals surface area contributed by atoms with Crippen molar-refractivity contribution in [2.75, 3.05) is 0 Å². The van der Waals surface area contributed by atoms with Crippen molar-refractivity contribution in [1.29, 1.82) is 0 Å². The van der Waals surface area contributed by atoms with E-state index in [4.69, 9.17) is 0 Å². The highest BCUT2D eigenvalue weighted by Crippen LogP contribution is 2.30. The first kappa shape index (κ1) is 15.7. The summed E-state index contributed by atoms with van der Waals surface area (Å²) in [5.41, 5.74) is 4.17. The van der Waals surface area contributed by atoms with E-state index in [0.29, 0.717) is 5.92 Å². The first-order valence-corrected chi connectivity index (χ1v) is 7.24. The minimum absolute atomic E-state index is 0.125. The van der Waals surface area contributed by atoms with Crippen LogP contribution in [-0.4, -0.2) is 6.29 Å². The molecule has 1 aromatic carbocycles. The average Bonchev–Trinajstić information content (AvgIpc) is 2.42. The second-order valence-corrected chi connectivity index (χ2v) is 5.62. The van der Waals surface area contributed by atoms with Gasteiger partial charge in [-0.2, -0.15) is 0 Å². The van der Waals surface area contributed by atoms with Gasteiger partial charge in [0.2, 0.25) is 0 Å². The molecule has 0 N–H and O–H groups in total. The Morgan fingerprint density at radius 1 is 1.26 bits per heavy atom. The molecule has 1 heteroatoms. The van der Waals surface area contributed by atoms with Crippen molar-refractivity contribution < 1.29 is 4.79 Å². The van der Waals surface area contributed by atoms with Gasteiger partial charge in [-0.1, -0.05) is 49.8 Å². The SMILES string of the molecule is CCc1ccccc1C(CC=C(C)C)CC(C)C=O. The molecular weight excluding hydrogens is 232 g/mol. The van der Waals surface area contributed by atoms with Crippen LogP contribution in [0.3, 0.4) is 0 Å². The summed E-state index contributed by atoms with van der Waals surface area (Å²) < 4.78 is 0. The van der Waals surface area contributed by atoms with Gasteiger partial charge in [0, 0.05) is 5.92 Å². The van der Waals surface area contributed by atoms with Gasteiger partial charge < -0.3 is 4.79 Å². The van der Waals surface area contributed by atoms with Gasteiger partial charge in [-0.25, -0.2) is 0 Å². The largest absolute Gasteiger partial charge is 0.303 e. The Bertz CT molecular complexity index is 427. The molecule has 1 aromatic rings. The maximum atomic E-state index is 10.9. The van der Waals surface area contributed by atoms with E-state index in [1.165, 1.54) is 16.7 Å². The Labute approximate surface area is 117 Å². The van der Waals surface area contributed by atoms with E-state index in [0.717, 1.165) is 25.5 Å². The molecule has 1 rings (SSSR count). The fourth-order valence-corrected chi connectivity index (χ4v) is 2.49. The lowest BCUT2D eigenvalue weighted by atomic mass is 9.84. The Morgan fingerprint density at radius 3 is 2.53 bits per heavy atom. The lowest BCUT2D eigenvalue weighted by molar-refractivity contribution is -0.110. The van der Waals surface area contributed by atoms with E-state index in [1.54, 1.807) is 0 Å². The van der Waals surface area contributed by atoms with Crippen LogP contribution in [0.4, 0.5) is 0 Å². The third kappa shape index (κ3) is 5.02. The molecule has 0 amide bonds. The van der Waals surface area contributed by atoms with Crippen LogP contribution >= 0.6 is 0 Å². The van der Waals surface area contributed by atoms with Crippen LogP contribution in [-0.2, 0) is 11.2 Å². The van der Waals surface area contributed by atoms with Gasteiger partial charge >= 0.3 is 0 Å². The molecule has 0 aliphatic carbocycles. The number of carbonyl (C=O) groups excluding carboxylic acids is 1. The number of aryl methyl sites for hydroxylation is 1. The number of allylic oxidation sites excluding steroid dienone is 2. The van der Waals surface area contributed by atoms with E-state index in [2.05, 4.69) is 51.1 Å². The molecule has 0 fully saturated rings. The van der Waals surface area contributed by atoms with E-state index < -0.39 is 0 Å². The predicted octanol–water partition coefficient (Wildman–Crippen LogP) is 4.91. The topological polar surface area (TPSA) is 17.1 Å². The van der Waals surface area contributed by atoms with Crippen molar-refractivity contribution in [3.05, 3.63) is 47.0 Å². The summed E-state index contributed by atoms with van der Waals surface area (Å²) in [6, 6.07) is 8.63. The molecule has 2 atom stereocenters. The van der Waals surface area contributed by atoms with Crippen molar-refractivity contribution in [2.24, 2.45) is 5.92 Å². The van der Waals surface area contributed by atoms with Gasteiger partial charge in [0.1, 0.15) is 6.29 Å². The number of hydrogen-bond acceptors (Lipinski definition) is 1. The zero-order chi connectivity index (χ0) is 14.3. The minimum Gasteiger partial charge on any atom is -0.303 e. The number of hydrogen-bond donors (Lipinski definition) is 0. The molecule has 0 saturated carbocycles. The van der Waals surface area contributed by atoms with Crippen LogP contribution in [0.2, 0.25) is 0 Å². The third-order valence-electron chi connectivity index (χ3n) is 3.58. The van der Waals surface area contributed by atoms with Gasteiger partial charge in [0.05, 0.1) is 0 Å². The van der Waals surface area contributed by atoms with Gasteiger partial charge in [-0.3, -0.25) is 0 Å². The highest BCUT2D eigenvalue weighted by Gasteiger charge is 2.16. The van der Waals surface area contributed by atoms with Crippen molar-refractivity contribution in [2.45, 2.75) is 52.9 Å². The average molecular weight is 258 g/mol. The molecular formula is C18H26O. The van der Waals surface area contributed by atoms with Gasteiger partial charge in [0.15, 0.2) is 0 Å². The van der Waals surface area contributed by atoms with Crippen LogP contribution < -0.4 is 0 Å². The summed E-state index contributed by atoms with van der Waals surface area (Å²) in [7, 11) is 0. The standard InChI is InChI=1S/C18H26O/c1-5-16-8-6-7-9-18(16)17(11-10-14(2)3)12-15(4)13-19/h6-10,13,15,17H,5,11-12H2,1-4H3. The lowest BCUT2D eigenvalue weighted by Crippen LogP contribution is -2.08. The number of benzene rings is 1. The van der Waals surface area contributed by atoms with Crippen LogP contribution in [0.25, 0.3) is 0 Å². The zero-order valence-corrected chi connectivity index (χ0v) is 12.6. The third-order valence-corrected chi connectivity index (χ3v) is 3.58. The van der Waals surface area contributed by atoms with E-state index in [-0.39, 0.29) is 5.92 Å². The summed E-state index contributed by atoms with van der Waals surface area (Å²) in [5, 5.41) is 0. The Hall–Kier alpha value is -1.37. The molecule has 0 saturated heterocycles. The number of aldehydes is 1. The number of carbonyl (C=O) groups is 1. The van der Waals surface area contributed by atoms with E-state index >= 15 is 0 Å². The van der Waals surface area contributed by atoms with E-state index in [1.807, 2.05) is 6.92 Å². The monoisotopic (exact) mass is 258 g/mol. The summed E-state index contributed by atoms with van der Waals surface area (Å²) >= 11 is 0. The van der Waals surface area contributed by atoms with Gasteiger partial charge in [-0.15, -0.1) is 0 Å². The maximum Gasteiger partial charge on any atom is 0.122 e. The quantitative estimate of drug-likeness (QED) is 0.501. The lowest BCUT2D eigenvalue weighted by Gasteiger charge is -2.20. The zero-order valence-electron chi connectivity index (χ0n) is 12.6. The molecule has 0 radical (unpaired) electrons. The molecule has 0 aliphatic rings. The van der Waals surface area contributed by atoms with Crippen molar-refractivity contribution in [1.82, 2.24) is 0 Å². The van der Waals surface area contributed by atoms with Gasteiger partial charge in [-0.05, 0) is 50.2 Å². The highest BCUT2D eigenvalue weighted by atomic mass is 16.1. The summed E-state index contributed by atoms with van der Waals surface area (Å²) in [6.07, 6.45) is 6.37. The van der Waals surface area contributed by atoms with Crippen molar-refractivity contribution in [3.8, 4) is 0 Å². The molecule has 2 unspecified atom stereocenters. The molecule has 0 aromatic heterocycles. The van der Waals surface area contributed by atoms with Crippen molar-refractivity contribution >= 4 is 6.29 Å².